The normalized spacial score (nSPS) is 21.7. The van der Waals surface area contributed by atoms with Gasteiger partial charge < -0.3 is 15.0 Å². The molecule has 1 aromatic rings. The molecule has 2 aliphatic heterocycles. The van der Waals surface area contributed by atoms with E-state index in [2.05, 4.69) is 29.3 Å². The Bertz CT molecular complexity index is 658. The molecule has 3 rings (SSSR count). The molecule has 0 spiro atoms. The predicted octanol–water partition coefficient (Wildman–Crippen LogP) is 1.57. The molecule has 0 radical (unpaired) electrons. The molecule has 1 aromatic carbocycles. The third kappa shape index (κ3) is 5.30. The average molecular weight is 373 g/mol. The lowest BCUT2D eigenvalue weighted by atomic mass is 9.99. The van der Waals surface area contributed by atoms with Crippen LogP contribution in [0.3, 0.4) is 0 Å². The zero-order valence-corrected chi connectivity index (χ0v) is 16.4. The monoisotopic (exact) mass is 373 g/mol. The molecule has 2 saturated heterocycles. The van der Waals surface area contributed by atoms with Gasteiger partial charge in [0.2, 0.25) is 11.8 Å². The first-order valence-electron chi connectivity index (χ1n) is 9.92. The van der Waals surface area contributed by atoms with Crippen molar-refractivity contribution in [2.45, 2.75) is 38.8 Å². The number of benzene rings is 1. The molecular weight excluding hydrogens is 342 g/mol. The van der Waals surface area contributed by atoms with Gasteiger partial charge in [-0.1, -0.05) is 24.3 Å². The van der Waals surface area contributed by atoms with Crippen LogP contribution in [-0.4, -0.2) is 67.6 Å². The van der Waals surface area contributed by atoms with Gasteiger partial charge in [0.15, 0.2) is 0 Å². The maximum Gasteiger partial charge on any atom is 0.237 e. The highest BCUT2D eigenvalue weighted by Gasteiger charge is 2.33. The number of hydrogen-bond donors (Lipinski definition) is 1. The van der Waals surface area contributed by atoms with Crippen LogP contribution in [0.1, 0.15) is 30.4 Å². The van der Waals surface area contributed by atoms with Crippen molar-refractivity contribution in [2.24, 2.45) is 5.92 Å². The minimum absolute atomic E-state index is 0.0392. The topological polar surface area (TPSA) is 61.9 Å². The highest BCUT2D eigenvalue weighted by Crippen LogP contribution is 2.19. The van der Waals surface area contributed by atoms with Crippen LogP contribution in [0.4, 0.5) is 0 Å². The van der Waals surface area contributed by atoms with Crippen molar-refractivity contribution >= 4 is 11.8 Å². The van der Waals surface area contributed by atoms with E-state index in [-0.39, 0.29) is 18.2 Å². The molecule has 0 aromatic heterocycles. The molecule has 2 fully saturated rings. The van der Waals surface area contributed by atoms with Gasteiger partial charge in [-0.05, 0) is 36.8 Å². The van der Waals surface area contributed by atoms with Gasteiger partial charge in [0.25, 0.3) is 0 Å². The molecular formula is C21H31N3O3. The fourth-order valence-electron chi connectivity index (χ4n) is 3.92. The Morgan fingerprint density at radius 2 is 2.04 bits per heavy atom. The Hall–Kier alpha value is -1.92. The molecule has 148 valence electrons. The highest BCUT2D eigenvalue weighted by molar-refractivity contribution is 5.88. The molecule has 0 unspecified atom stereocenters. The summed E-state index contributed by atoms with van der Waals surface area (Å²) >= 11 is 0. The summed E-state index contributed by atoms with van der Waals surface area (Å²) in [6.45, 7) is 6.48. The molecule has 2 aliphatic rings. The summed E-state index contributed by atoms with van der Waals surface area (Å²) in [6.07, 6.45) is 2.24. The molecule has 1 N–H and O–H groups in total. The summed E-state index contributed by atoms with van der Waals surface area (Å²) in [5.41, 5.74) is 2.42. The highest BCUT2D eigenvalue weighted by atomic mass is 16.5. The van der Waals surface area contributed by atoms with Gasteiger partial charge in [-0.25, -0.2) is 0 Å². The number of piperazine rings is 1. The predicted molar refractivity (Wildman–Crippen MR) is 104 cm³/mol. The molecule has 0 bridgehead atoms. The number of hydrogen-bond acceptors (Lipinski definition) is 4. The average Bonchev–Trinajstić information content (AvgIpc) is 2.67. The van der Waals surface area contributed by atoms with Gasteiger partial charge in [-0.2, -0.15) is 0 Å². The Morgan fingerprint density at radius 3 is 2.78 bits per heavy atom. The lowest BCUT2D eigenvalue weighted by Crippen LogP contribution is -2.56. The Labute approximate surface area is 161 Å². The van der Waals surface area contributed by atoms with Crippen molar-refractivity contribution in [1.29, 1.82) is 0 Å². The van der Waals surface area contributed by atoms with Crippen molar-refractivity contribution in [3.8, 4) is 0 Å². The molecule has 1 atom stereocenters. The van der Waals surface area contributed by atoms with E-state index in [1.54, 1.807) is 4.90 Å². The van der Waals surface area contributed by atoms with Crippen molar-refractivity contribution in [2.75, 3.05) is 39.9 Å². The van der Waals surface area contributed by atoms with Crippen LogP contribution >= 0.6 is 0 Å². The van der Waals surface area contributed by atoms with Gasteiger partial charge in [-0.3, -0.25) is 14.5 Å². The Morgan fingerprint density at radius 1 is 1.30 bits per heavy atom. The summed E-state index contributed by atoms with van der Waals surface area (Å²) in [6, 6.07) is 7.82. The van der Waals surface area contributed by atoms with Crippen LogP contribution in [0.15, 0.2) is 24.3 Å². The number of ether oxygens (including phenoxy) is 1. The number of carbonyl (C=O) groups is 2. The molecule has 6 heteroatoms. The third-order valence-corrected chi connectivity index (χ3v) is 5.74. The maximum atomic E-state index is 12.8. The Balaban J connectivity index is 1.61. The second-order valence-electron chi connectivity index (χ2n) is 7.74. The van der Waals surface area contributed by atoms with E-state index in [1.165, 1.54) is 11.1 Å². The first-order valence-corrected chi connectivity index (χ1v) is 9.92. The first-order chi connectivity index (χ1) is 13.0. The molecule has 6 nitrogen and oxygen atoms in total. The summed E-state index contributed by atoms with van der Waals surface area (Å²) in [5.74, 6) is 0.497. The maximum absolute atomic E-state index is 12.8. The quantitative estimate of drug-likeness (QED) is 0.822. The van der Waals surface area contributed by atoms with E-state index in [9.17, 15) is 9.59 Å². The number of rotatable bonds is 6. The van der Waals surface area contributed by atoms with Crippen molar-refractivity contribution in [3.05, 3.63) is 35.4 Å². The van der Waals surface area contributed by atoms with Crippen molar-refractivity contribution in [3.63, 3.8) is 0 Å². The van der Waals surface area contributed by atoms with Gasteiger partial charge in [0, 0.05) is 46.4 Å². The Kier molecular flexibility index (Phi) is 6.85. The minimum atomic E-state index is -0.400. The van der Waals surface area contributed by atoms with Crippen molar-refractivity contribution in [1.82, 2.24) is 15.1 Å². The molecule has 2 amide bonds. The number of amides is 2. The fraction of sp³-hybridized carbons (Fsp3) is 0.619. The second kappa shape index (κ2) is 9.33. The van der Waals surface area contributed by atoms with E-state index >= 15 is 0 Å². The smallest absolute Gasteiger partial charge is 0.237 e. The van der Waals surface area contributed by atoms with E-state index in [0.29, 0.717) is 19.0 Å². The SMILES string of the molecule is Cc1ccccc1CN1CCNC(=O)[C@H]1CC(=O)N(C)CC1CCOCC1. The van der Waals surface area contributed by atoms with Crippen LogP contribution in [-0.2, 0) is 20.9 Å². The summed E-state index contributed by atoms with van der Waals surface area (Å²) in [7, 11) is 1.85. The molecule has 0 aliphatic carbocycles. The largest absolute Gasteiger partial charge is 0.381 e. The summed E-state index contributed by atoms with van der Waals surface area (Å²) < 4.78 is 5.39. The van der Waals surface area contributed by atoms with Crippen LogP contribution in [0.5, 0.6) is 0 Å². The van der Waals surface area contributed by atoms with Crippen LogP contribution in [0.2, 0.25) is 0 Å². The summed E-state index contributed by atoms with van der Waals surface area (Å²) in [5, 5.41) is 2.92. The van der Waals surface area contributed by atoms with E-state index in [4.69, 9.17) is 4.74 Å². The fourth-order valence-corrected chi connectivity index (χ4v) is 3.92. The lowest BCUT2D eigenvalue weighted by molar-refractivity contribution is -0.138. The molecule has 2 heterocycles. The zero-order valence-electron chi connectivity index (χ0n) is 16.4. The van der Waals surface area contributed by atoms with Gasteiger partial charge in [0.1, 0.15) is 0 Å². The van der Waals surface area contributed by atoms with Gasteiger partial charge in [0.05, 0.1) is 12.5 Å². The molecule has 27 heavy (non-hydrogen) atoms. The number of aryl methyl sites for hydroxylation is 1. The van der Waals surface area contributed by atoms with E-state index in [1.807, 2.05) is 19.2 Å². The number of nitrogens with one attached hydrogen (secondary N) is 1. The third-order valence-electron chi connectivity index (χ3n) is 5.74. The molecule has 0 saturated carbocycles. The number of nitrogens with zero attached hydrogens (tertiary/aromatic N) is 2. The zero-order chi connectivity index (χ0) is 19.2. The minimum Gasteiger partial charge on any atom is -0.381 e. The van der Waals surface area contributed by atoms with Gasteiger partial charge >= 0.3 is 0 Å². The van der Waals surface area contributed by atoms with Gasteiger partial charge in [-0.15, -0.1) is 0 Å². The van der Waals surface area contributed by atoms with E-state index in [0.717, 1.165) is 39.1 Å². The summed E-state index contributed by atoms with van der Waals surface area (Å²) in [4.78, 5) is 29.2. The van der Waals surface area contributed by atoms with Crippen molar-refractivity contribution < 1.29 is 14.3 Å². The van der Waals surface area contributed by atoms with Crippen LogP contribution in [0, 0.1) is 12.8 Å². The number of carbonyl (C=O) groups excluding carboxylic acids is 2. The standard InChI is InChI=1S/C21H31N3O3/c1-16-5-3-4-6-18(16)15-24-10-9-22-21(26)19(24)13-20(25)23(2)14-17-7-11-27-12-8-17/h3-6,17,19H,7-15H2,1-2H3,(H,22,26)/t19-/m1/s1. The van der Waals surface area contributed by atoms with E-state index < -0.39 is 6.04 Å². The lowest BCUT2D eigenvalue weighted by Gasteiger charge is -2.36. The second-order valence-corrected chi connectivity index (χ2v) is 7.74. The van der Waals surface area contributed by atoms with Crippen LogP contribution < -0.4 is 5.32 Å². The first kappa shape index (κ1) is 19.8. The van der Waals surface area contributed by atoms with Crippen LogP contribution in [0.25, 0.3) is 0 Å².